The lowest BCUT2D eigenvalue weighted by Gasteiger charge is -2.29. The Balaban J connectivity index is 2.37. The van der Waals surface area contributed by atoms with Gasteiger partial charge >= 0.3 is 5.97 Å². The molecule has 1 heterocycles. The molecular weight excluding hydrogens is 236 g/mol. The van der Waals surface area contributed by atoms with Crippen molar-refractivity contribution in [1.82, 2.24) is 9.80 Å². The van der Waals surface area contributed by atoms with E-state index < -0.39 is 5.97 Å². The largest absolute Gasteiger partial charge is 0.481 e. The monoisotopic (exact) mass is 258 g/mol. The lowest BCUT2D eigenvalue weighted by molar-refractivity contribution is -0.139. The first-order chi connectivity index (χ1) is 8.63. The molecule has 0 aliphatic carbocycles. The zero-order valence-corrected chi connectivity index (χ0v) is 10.7. The molecule has 0 aromatic rings. The molecule has 0 aromatic heterocycles. The summed E-state index contributed by atoms with van der Waals surface area (Å²) < 4.78 is 0. The zero-order valence-electron chi connectivity index (χ0n) is 10.7. The van der Waals surface area contributed by atoms with E-state index in [-0.39, 0.29) is 25.5 Å². The normalized spacial score (nSPS) is 16.0. The van der Waals surface area contributed by atoms with E-state index >= 15 is 0 Å². The molecule has 1 saturated heterocycles. The Bertz CT molecular complexity index is 277. The number of aliphatic carboxylic acids is 1. The molecule has 0 spiro atoms. The molecule has 6 nitrogen and oxygen atoms in total. The van der Waals surface area contributed by atoms with E-state index in [1.807, 2.05) is 4.90 Å². The van der Waals surface area contributed by atoms with Gasteiger partial charge in [-0.05, 0) is 19.3 Å². The van der Waals surface area contributed by atoms with Crippen LogP contribution in [0.2, 0.25) is 0 Å². The zero-order chi connectivity index (χ0) is 13.4. The minimum Gasteiger partial charge on any atom is -0.481 e. The first kappa shape index (κ1) is 14.9. The van der Waals surface area contributed by atoms with Crippen LogP contribution in [0.3, 0.4) is 0 Å². The van der Waals surface area contributed by atoms with Gasteiger partial charge in [-0.2, -0.15) is 0 Å². The second-order valence-electron chi connectivity index (χ2n) is 4.58. The van der Waals surface area contributed by atoms with Gasteiger partial charge in [-0.3, -0.25) is 14.5 Å². The molecule has 2 N–H and O–H groups in total. The van der Waals surface area contributed by atoms with Gasteiger partial charge in [-0.15, -0.1) is 0 Å². The minimum atomic E-state index is -0.886. The van der Waals surface area contributed by atoms with Crippen molar-refractivity contribution in [2.45, 2.75) is 25.7 Å². The Morgan fingerprint density at radius 2 is 1.78 bits per heavy atom. The van der Waals surface area contributed by atoms with Crippen LogP contribution < -0.4 is 0 Å². The summed E-state index contributed by atoms with van der Waals surface area (Å²) in [6.07, 6.45) is 3.25. The molecule has 0 unspecified atom stereocenters. The number of carbonyl (C=O) groups is 2. The second-order valence-corrected chi connectivity index (χ2v) is 4.58. The lowest BCUT2D eigenvalue weighted by Crippen LogP contribution is -2.44. The Morgan fingerprint density at radius 1 is 1.11 bits per heavy atom. The highest BCUT2D eigenvalue weighted by atomic mass is 16.4. The third-order valence-corrected chi connectivity index (χ3v) is 3.13. The Kier molecular flexibility index (Phi) is 6.67. The summed E-state index contributed by atoms with van der Waals surface area (Å²) in [4.78, 5) is 26.0. The van der Waals surface area contributed by atoms with Crippen molar-refractivity contribution in [2.24, 2.45) is 0 Å². The smallest absolute Gasteiger partial charge is 0.304 e. The number of aliphatic hydroxyl groups excluding tert-OH is 1. The summed E-state index contributed by atoms with van der Waals surface area (Å²) in [6, 6.07) is 0. The van der Waals surface area contributed by atoms with Crippen LogP contribution in [-0.4, -0.2) is 71.2 Å². The van der Waals surface area contributed by atoms with Gasteiger partial charge in [0.25, 0.3) is 0 Å². The maximum absolute atomic E-state index is 12.0. The van der Waals surface area contributed by atoms with Gasteiger partial charge in [0, 0.05) is 26.2 Å². The van der Waals surface area contributed by atoms with Crippen LogP contribution in [0.1, 0.15) is 25.7 Å². The third-order valence-electron chi connectivity index (χ3n) is 3.13. The Morgan fingerprint density at radius 3 is 2.33 bits per heavy atom. The van der Waals surface area contributed by atoms with E-state index in [9.17, 15) is 9.59 Å². The van der Waals surface area contributed by atoms with Gasteiger partial charge in [0.05, 0.1) is 19.6 Å². The van der Waals surface area contributed by atoms with Crippen molar-refractivity contribution in [3.05, 3.63) is 0 Å². The number of carboxylic acid groups (broad SMARTS) is 1. The molecule has 1 fully saturated rings. The maximum atomic E-state index is 12.0. The molecule has 1 aliphatic rings. The molecule has 1 aliphatic heterocycles. The van der Waals surface area contributed by atoms with Crippen LogP contribution in [0, 0.1) is 0 Å². The van der Waals surface area contributed by atoms with E-state index in [2.05, 4.69) is 0 Å². The van der Waals surface area contributed by atoms with Gasteiger partial charge in [-0.1, -0.05) is 0 Å². The van der Waals surface area contributed by atoms with Crippen molar-refractivity contribution in [3.63, 3.8) is 0 Å². The molecule has 0 radical (unpaired) electrons. The van der Waals surface area contributed by atoms with Crippen LogP contribution >= 0.6 is 0 Å². The highest BCUT2D eigenvalue weighted by molar-refractivity contribution is 5.78. The van der Waals surface area contributed by atoms with Crippen molar-refractivity contribution in [3.8, 4) is 0 Å². The van der Waals surface area contributed by atoms with Gasteiger partial charge < -0.3 is 15.1 Å². The van der Waals surface area contributed by atoms with Crippen LogP contribution in [0.4, 0.5) is 0 Å². The van der Waals surface area contributed by atoms with Crippen LogP contribution in [0.5, 0.6) is 0 Å². The van der Waals surface area contributed by atoms with E-state index in [1.54, 1.807) is 4.90 Å². The average Bonchev–Trinajstić information content (AvgIpc) is 2.37. The van der Waals surface area contributed by atoms with Crippen molar-refractivity contribution in [1.29, 1.82) is 0 Å². The SMILES string of the molecule is O=C(O)CCN(CCO)CC(=O)N1CCCCC1. The first-order valence-electron chi connectivity index (χ1n) is 6.46. The fraction of sp³-hybridized carbons (Fsp3) is 0.833. The number of likely N-dealkylation sites (tertiary alicyclic amines) is 1. The number of carboxylic acids is 1. The molecule has 0 bridgehead atoms. The number of amides is 1. The van der Waals surface area contributed by atoms with Gasteiger partial charge in [0.2, 0.25) is 5.91 Å². The van der Waals surface area contributed by atoms with Gasteiger partial charge in [0.1, 0.15) is 0 Å². The summed E-state index contributed by atoms with van der Waals surface area (Å²) >= 11 is 0. The number of rotatable bonds is 7. The number of piperidine rings is 1. The summed E-state index contributed by atoms with van der Waals surface area (Å²) in [5, 5.41) is 17.5. The van der Waals surface area contributed by atoms with Gasteiger partial charge in [0.15, 0.2) is 0 Å². The Labute approximate surface area is 107 Å². The van der Waals surface area contributed by atoms with E-state index in [0.29, 0.717) is 13.1 Å². The molecule has 0 aromatic carbocycles. The maximum Gasteiger partial charge on any atom is 0.304 e. The number of aliphatic hydroxyl groups is 1. The van der Waals surface area contributed by atoms with Crippen LogP contribution in [0.15, 0.2) is 0 Å². The number of nitrogens with zero attached hydrogens (tertiary/aromatic N) is 2. The van der Waals surface area contributed by atoms with Crippen LogP contribution in [-0.2, 0) is 9.59 Å². The number of hydrogen-bond acceptors (Lipinski definition) is 4. The predicted molar refractivity (Wildman–Crippen MR) is 66.2 cm³/mol. The molecular formula is C12H22N2O4. The lowest BCUT2D eigenvalue weighted by atomic mass is 10.1. The van der Waals surface area contributed by atoms with Gasteiger partial charge in [-0.25, -0.2) is 0 Å². The minimum absolute atomic E-state index is 0.00667. The summed E-state index contributed by atoms with van der Waals surface area (Å²) in [5.74, 6) is -0.850. The second kappa shape index (κ2) is 8.05. The molecule has 6 heteroatoms. The molecule has 0 saturated carbocycles. The topological polar surface area (TPSA) is 81.1 Å². The molecule has 1 rings (SSSR count). The summed E-state index contributed by atoms with van der Waals surface area (Å²) in [6.45, 7) is 2.37. The highest BCUT2D eigenvalue weighted by Gasteiger charge is 2.19. The molecule has 0 atom stereocenters. The number of carbonyl (C=O) groups excluding carboxylic acids is 1. The molecule has 1 amide bonds. The predicted octanol–water partition coefficient (Wildman–Crippen LogP) is -0.232. The summed E-state index contributed by atoms with van der Waals surface area (Å²) in [5.41, 5.74) is 0. The first-order valence-corrected chi connectivity index (χ1v) is 6.46. The Hall–Kier alpha value is -1.14. The molecule has 18 heavy (non-hydrogen) atoms. The fourth-order valence-corrected chi connectivity index (χ4v) is 2.10. The fourth-order valence-electron chi connectivity index (χ4n) is 2.10. The molecule has 104 valence electrons. The van der Waals surface area contributed by atoms with Crippen molar-refractivity contribution in [2.75, 3.05) is 39.3 Å². The van der Waals surface area contributed by atoms with Crippen molar-refractivity contribution < 1.29 is 19.8 Å². The van der Waals surface area contributed by atoms with Crippen LogP contribution in [0.25, 0.3) is 0 Å². The third kappa shape index (κ3) is 5.46. The average molecular weight is 258 g/mol. The quantitative estimate of drug-likeness (QED) is 0.659. The highest BCUT2D eigenvalue weighted by Crippen LogP contribution is 2.09. The standard InChI is InChI=1S/C12H22N2O4/c15-9-8-13(7-4-12(17)18)10-11(16)14-5-2-1-3-6-14/h15H,1-10H2,(H,17,18). The van der Waals surface area contributed by atoms with Crippen molar-refractivity contribution >= 4 is 11.9 Å². The van der Waals surface area contributed by atoms with E-state index in [4.69, 9.17) is 10.2 Å². The van der Waals surface area contributed by atoms with E-state index in [1.165, 1.54) is 6.42 Å². The van der Waals surface area contributed by atoms with E-state index in [0.717, 1.165) is 25.9 Å². The number of hydrogen-bond donors (Lipinski definition) is 2. The summed E-state index contributed by atoms with van der Waals surface area (Å²) in [7, 11) is 0.